The Balaban J connectivity index is 2.18. The van der Waals surface area contributed by atoms with Gasteiger partial charge in [0, 0.05) is 6.54 Å². The normalized spacial score (nSPS) is 20.1. The number of halogens is 2. The molecule has 1 fully saturated rings. The molecule has 0 saturated carbocycles. The Morgan fingerprint density at radius 1 is 1.45 bits per heavy atom. The molecule has 2 rings (SSSR count). The average Bonchev–Trinajstić information content (AvgIpc) is 2.71. The number of amides is 2. The van der Waals surface area contributed by atoms with Crippen LogP contribution in [0.5, 0.6) is 0 Å². The average molecular weight is 283 g/mol. The fourth-order valence-electron chi connectivity index (χ4n) is 2.09. The lowest BCUT2D eigenvalue weighted by molar-refractivity contribution is -0.127. The Labute approximate surface area is 114 Å². The third-order valence-corrected chi connectivity index (χ3v) is 3.14. The van der Waals surface area contributed by atoms with Crippen LogP contribution in [0.2, 0.25) is 0 Å². The minimum atomic E-state index is -0.808. The van der Waals surface area contributed by atoms with E-state index < -0.39 is 35.5 Å². The Bertz CT molecular complexity index is 528. The molecule has 2 atom stereocenters. The molecule has 1 aliphatic rings. The van der Waals surface area contributed by atoms with Gasteiger partial charge in [-0.1, -0.05) is 6.07 Å². The number of hydrogen-bond donors (Lipinski definition) is 2. The number of rotatable bonds is 3. The Hall–Kier alpha value is -2.02. The molecule has 0 spiro atoms. The molecule has 1 heterocycles. The highest BCUT2D eigenvalue weighted by molar-refractivity contribution is 6.01. The Morgan fingerprint density at radius 3 is 2.60 bits per heavy atom. The zero-order valence-electron chi connectivity index (χ0n) is 10.9. The van der Waals surface area contributed by atoms with Gasteiger partial charge in [-0.15, -0.1) is 0 Å². The van der Waals surface area contributed by atoms with Crippen LogP contribution >= 0.6 is 0 Å². The number of carbonyl (C=O) groups is 2. The zero-order valence-corrected chi connectivity index (χ0v) is 10.9. The first-order valence-electron chi connectivity index (χ1n) is 6.23. The van der Waals surface area contributed by atoms with Crippen molar-refractivity contribution < 1.29 is 18.4 Å². The highest BCUT2D eigenvalue weighted by Crippen LogP contribution is 2.27. The second kappa shape index (κ2) is 5.54. The van der Waals surface area contributed by atoms with Crippen molar-refractivity contribution in [3.63, 3.8) is 0 Å². The molecule has 7 heteroatoms. The summed E-state index contributed by atoms with van der Waals surface area (Å²) >= 11 is 0. The number of nitrogens with zero attached hydrogens (tertiary/aromatic N) is 1. The molecule has 1 unspecified atom stereocenters. The van der Waals surface area contributed by atoms with Crippen LogP contribution in [-0.4, -0.2) is 30.4 Å². The molecule has 1 aliphatic heterocycles. The molecule has 0 radical (unpaired) electrons. The Morgan fingerprint density at radius 2 is 2.05 bits per heavy atom. The molecule has 2 amide bonds. The maximum Gasteiger partial charge on any atom is 0.249 e. The van der Waals surface area contributed by atoms with E-state index in [2.05, 4.69) is 5.32 Å². The van der Waals surface area contributed by atoms with Crippen molar-refractivity contribution >= 4 is 17.5 Å². The van der Waals surface area contributed by atoms with Crippen molar-refractivity contribution in [1.82, 2.24) is 5.32 Å². The van der Waals surface area contributed by atoms with Crippen LogP contribution < -0.4 is 16.0 Å². The smallest absolute Gasteiger partial charge is 0.249 e. The number of hydrogen-bond acceptors (Lipinski definition) is 3. The minimum absolute atomic E-state index is 0.139. The molecule has 0 aromatic heterocycles. The van der Waals surface area contributed by atoms with Crippen molar-refractivity contribution in [3.05, 3.63) is 29.8 Å². The largest absolute Gasteiger partial charge is 0.343 e. The van der Waals surface area contributed by atoms with Crippen molar-refractivity contribution in [2.75, 3.05) is 11.4 Å². The van der Waals surface area contributed by atoms with Gasteiger partial charge in [-0.2, -0.15) is 0 Å². The predicted octanol–water partition coefficient (Wildman–Crippen LogP) is 0.533. The van der Waals surface area contributed by atoms with Crippen LogP contribution in [0.1, 0.15) is 13.3 Å². The number of carbonyl (C=O) groups excluding carboxylic acids is 2. The number of para-hydroxylation sites is 1. The molecule has 1 aromatic carbocycles. The second-order valence-corrected chi connectivity index (χ2v) is 4.70. The predicted molar refractivity (Wildman–Crippen MR) is 68.9 cm³/mol. The Kier molecular flexibility index (Phi) is 3.99. The number of nitrogens with two attached hydrogens (primary N) is 1. The number of benzene rings is 1. The summed E-state index contributed by atoms with van der Waals surface area (Å²) in [6, 6.07) is 1.85. The lowest BCUT2D eigenvalue weighted by Gasteiger charge is -2.18. The van der Waals surface area contributed by atoms with E-state index in [1.807, 2.05) is 0 Å². The van der Waals surface area contributed by atoms with Crippen LogP contribution in [0, 0.1) is 11.6 Å². The molecule has 1 aromatic rings. The van der Waals surface area contributed by atoms with Crippen molar-refractivity contribution in [2.24, 2.45) is 5.73 Å². The molecule has 20 heavy (non-hydrogen) atoms. The molecule has 5 nitrogen and oxygen atoms in total. The zero-order chi connectivity index (χ0) is 14.9. The second-order valence-electron chi connectivity index (χ2n) is 4.70. The van der Waals surface area contributed by atoms with Gasteiger partial charge < -0.3 is 16.0 Å². The lowest BCUT2D eigenvalue weighted by Crippen LogP contribution is -2.47. The van der Waals surface area contributed by atoms with E-state index in [1.165, 1.54) is 13.0 Å². The molecule has 108 valence electrons. The van der Waals surface area contributed by atoms with Gasteiger partial charge in [0.1, 0.15) is 23.4 Å². The quantitative estimate of drug-likeness (QED) is 0.850. The standard InChI is InChI=1S/C13H15F2N3O2/c1-7(16)12(19)17-10-5-6-18(13(10)20)11-8(14)3-2-4-9(11)15/h2-4,7,10H,5-6,16H2,1H3,(H,17,19)/t7-,10?/m1/s1. The van der Waals surface area contributed by atoms with Gasteiger partial charge in [0.15, 0.2) is 0 Å². The van der Waals surface area contributed by atoms with Crippen molar-refractivity contribution in [1.29, 1.82) is 0 Å². The topological polar surface area (TPSA) is 75.4 Å². The molecular formula is C13H15F2N3O2. The molecule has 0 aliphatic carbocycles. The number of anilines is 1. The monoisotopic (exact) mass is 283 g/mol. The summed E-state index contributed by atoms with van der Waals surface area (Å²) in [5.74, 6) is -2.63. The third-order valence-electron chi connectivity index (χ3n) is 3.14. The summed E-state index contributed by atoms with van der Waals surface area (Å²) in [6.45, 7) is 1.63. The highest BCUT2D eigenvalue weighted by atomic mass is 19.1. The summed E-state index contributed by atoms with van der Waals surface area (Å²) in [4.78, 5) is 24.6. The maximum absolute atomic E-state index is 13.7. The van der Waals surface area contributed by atoms with Gasteiger partial charge in [0.05, 0.1) is 6.04 Å². The van der Waals surface area contributed by atoms with E-state index in [0.717, 1.165) is 17.0 Å². The van der Waals surface area contributed by atoms with Crippen LogP contribution in [0.3, 0.4) is 0 Å². The van der Waals surface area contributed by atoms with Gasteiger partial charge in [0.25, 0.3) is 0 Å². The molecule has 1 saturated heterocycles. The molecule has 3 N–H and O–H groups in total. The van der Waals surface area contributed by atoms with Gasteiger partial charge in [0.2, 0.25) is 11.8 Å². The van der Waals surface area contributed by atoms with E-state index in [1.54, 1.807) is 0 Å². The van der Waals surface area contributed by atoms with E-state index >= 15 is 0 Å². The summed E-state index contributed by atoms with van der Waals surface area (Å²) < 4.78 is 27.3. The summed E-state index contributed by atoms with van der Waals surface area (Å²) in [6.07, 6.45) is 0.283. The number of nitrogens with one attached hydrogen (secondary N) is 1. The van der Waals surface area contributed by atoms with Crippen LogP contribution in [-0.2, 0) is 9.59 Å². The van der Waals surface area contributed by atoms with Crippen LogP contribution in [0.25, 0.3) is 0 Å². The molecule has 0 bridgehead atoms. The SMILES string of the molecule is C[C@@H](N)C(=O)NC1CCN(c2c(F)cccc2F)C1=O. The van der Waals surface area contributed by atoms with E-state index in [4.69, 9.17) is 5.73 Å². The lowest BCUT2D eigenvalue weighted by atomic mass is 10.2. The maximum atomic E-state index is 13.7. The van der Waals surface area contributed by atoms with Crippen molar-refractivity contribution in [3.8, 4) is 0 Å². The van der Waals surface area contributed by atoms with Crippen molar-refractivity contribution in [2.45, 2.75) is 25.4 Å². The molecular weight excluding hydrogens is 268 g/mol. The summed E-state index contributed by atoms with van der Waals surface area (Å²) in [7, 11) is 0. The highest BCUT2D eigenvalue weighted by Gasteiger charge is 2.36. The summed E-state index contributed by atoms with van der Waals surface area (Å²) in [5, 5.41) is 2.47. The van der Waals surface area contributed by atoms with Gasteiger partial charge in [-0.3, -0.25) is 9.59 Å². The van der Waals surface area contributed by atoms with Crippen LogP contribution in [0.4, 0.5) is 14.5 Å². The van der Waals surface area contributed by atoms with Gasteiger partial charge >= 0.3 is 0 Å². The first-order chi connectivity index (χ1) is 9.41. The first kappa shape index (κ1) is 14.4. The van der Waals surface area contributed by atoms with Gasteiger partial charge in [-0.05, 0) is 25.5 Å². The first-order valence-corrected chi connectivity index (χ1v) is 6.23. The fraction of sp³-hybridized carbons (Fsp3) is 0.385. The van der Waals surface area contributed by atoms with Gasteiger partial charge in [-0.25, -0.2) is 8.78 Å². The summed E-state index contributed by atoms with van der Waals surface area (Å²) in [5.41, 5.74) is 5.02. The minimum Gasteiger partial charge on any atom is -0.343 e. The fourth-order valence-corrected chi connectivity index (χ4v) is 2.09. The van der Waals surface area contributed by atoms with E-state index in [9.17, 15) is 18.4 Å². The van der Waals surface area contributed by atoms with E-state index in [-0.39, 0.29) is 18.7 Å². The third kappa shape index (κ3) is 2.62. The van der Waals surface area contributed by atoms with E-state index in [0.29, 0.717) is 0 Å². The van der Waals surface area contributed by atoms with Crippen LogP contribution in [0.15, 0.2) is 18.2 Å².